The van der Waals surface area contributed by atoms with E-state index in [9.17, 15) is 0 Å². The van der Waals surface area contributed by atoms with Crippen molar-refractivity contribution in [2.45, 2.75) is 18.3 Å². The molecule has 2 atom stereocenters. The second kappa shape index (κ2) is 7.57. The fourth-order valence-corrected chi connectivity index (χ4v) is 4.11. The average Bonchev–Trinajstić information content (AvgIpc) is 3.24. The van der Waals surface area contributed by atoms with Gasteiger partial charge in [-0.3, -0.25) is 0 Å². The average molecular weight is 468 g/mol. The molecule has 4 nitrogen and oxygen atoms in total. The Morgan fingerprint density at radius 2 is 2.00 bits per heavy atom. The summed E-state index contributed by atoms with van der Waals surface area (Å²) in [6, 6.07) is 13.5. The van der Waals surface area contributed by atoms with Gasteiger partial charge in [-0.05, 0) is 29.8 Å². The Morgan fingerprint density at radius 1 is 1.22 bits per heavy atom. The van der Waals surface area contributed by atoms with Crippen molar-refractivity contribution in [2.24, 2.45) is 7.05 Å². The summed E-state index contributed by atoms with van der Waals surface area (Å²) in [5, 5.41) is 1.04. The first kappa shape index (κ1) is 19.0. The van der Waals surface area contributed by atoms with E-state index in [4.69, 9.17) is 32.7 Å². The van der Waals surface area contributed by atoms with Crippen LogP contribution in [0.2, 0.25) is 10.0 Å². The number of nitrogens with zero attached hydrogens (tertiary/aromatic N) is 2. The van der Waals surface area contributed by atoms with E-state index < -0.39 is 5.79 Å². The van der Waals surface area contributed by atoms with Crippen molar-refractivity contribution >= 4 is 39.1 Å². The number of aromatic nitrogens is 2. The topological polar surface area (TPSA) is 36.3 Å². The summed E-state index contributed by atoms with van der Waals surface area (Å²) in [5.41, 5.74) is 1.87. The van der Waals surface area contributed by atoms with Crippen molar-refractivity contribution in [3.63, 3.8) is 0 Å². The summed E-state index contributed by atoms with van der Waals surface area (Å²) in [5.74, 6) is -0.523. The van der Waals surface area contributed by atoms with Gasteiger partial charge in [0.25, 0.3) is 5.79 Å². The monoisotopic (exact) mass is 466 g/mol. The molecular weight excluding hydrogens is 451 g/mol. The number of ether oxygens (including phenoxy) is 2. The Morgan fingerprint density at radius 3 is 2.67 bits per heavy atom. The maximum Gasteiger partial charge on any atom is 0.258 e. The molecule has 4 rings (SSSR count). The molecule has 1 fully saturated rings. The first-order chi connectivity index (χ1) is 13.0. The van der Waals surface area contributed by atoms with Crippen LogP contribution in [-0.4, -0.2) is 22.3 Å². The number of rotatable bonds is 4. The van der Waals surface area contributed by atoms with Crippen LogP contribution in [0.15, 0.2) is 59.3 Å². The van der Waals surface area contributed by atoms with E-state index in [1.165, 1.54) is 5.56 Å². The molecule has 0 saturated carbocycles. The minimum atomic E-state index is -1.17. The van der Waals surface area contributed by atoms with E-state index >= 15 is 0 Å². The van der Waals surface area contributed by atoms with E-state index in [0.717, 1.165) is 10.9 Å². The van der Waals surface area contributed by atoms with Crippen LogP contribution >= 0.6 is 39.1 Å². The summed E-state index contributed by atoms with van der Waals surface area (Å²) in [6.45, 7) is 0.432. The minimum absolute atomic E-state index is 0.130. The Hall–Kier alpha value is -1.37. The number of hydrogen-bond acceptors (Lipinski definition) is 3. The van der Waals surface area contributed by atoms with Gasteiger partial charge >= 0.3 is 0 Å². The molecule has 2 aromatic carbocycles. The molecule has 0 N–H and O–H groups in total. The molecule has 1 aliphatic rings. The number of aryl methyl sites for hydroxylation is 1. The van der Waals surface area contributed by atoms with E-state index in [0.29, 0.717) is 28.0 Å². The van der Waals surface area contributed by atoms with Crippen LogP contribution in [0.5, 0.6) is 0 Å². The Bertz CT molecular complexity index is 961. The maximum absolute atomic E-state index is 6.51. The quantitative estimate of drug-likeness (QED) is 0.519. The molecule has 0 aliphatic carbocycles. The summed E-state index contributed by atoms with van der Waals surface area (Å²) in [4.78, 5) is 4.48. The van der Waals surface area contributed by atoms with Gasteiger partial charge in [0.2, 0.25) is 0 Å². The molecule has 1 aromatic heterocycles. The van der Waals surface area contributed by atoms with Gasteiger partial charge in [0.15, 0.2) is 5.82 Å². The smallest absolute Gasteiger partial charge is 0.258 e. The lowest BCUT2D eigenvalue weighted by Crippen LogP contribution is -2.33. The van der Waals surface area contributed by atoms with E-state index in [-0.39, 0.29) is 6.10 Å². The largest absolute Gasteiger partial charge is 0.337 e. The molecule has 0 radical (unpaired) electrons. The zero-order valence-electron chi connectivity index (χ0n) is 14.5. The highest BCUT2D eigenvalue weighted by Crippen LogP contribution is 2.43. The van der Waals surface area contributed by atoms with Gasteiger partial charge in [0.1, 0.15) is 0 Å². The Labute approximate surface area is 176 Å². The highest BCUT2D eigenvalue weighted by Gasteiger charge is 2.49. The number of halogens is 3. The third kappa shape index (κ3) is 3.67. The summed E-state index contributed by atoms with van der Waals surface area (Å²) < 4.78 is 15.6. The van der Waals surface area contributed by atoms with Gasteiger partial charge in [0.05, 0.1) is 17.7 Å². The zero-order valence-corrected chi connectivity index (χ0v) is 17.6. The highest BCUT2D eigenvalue weighted by molar-refractivity contribution is 9.10. The van der Waals surface area contributed by atoms with Gasteiger partial charge in [-0.1, -0.05) is 57.3 Å². The molecule has 1 saturated heterocycles. The molecule has 2 unspecified atom stereocenters. The van der Waals surface area contributed by atoms with Gasteiger partial charge in [0, 0.05) is 40.9 Å². The number of benzene rings is 2. The van der Waals surface area contributed by atoms with Crippen LogP contribution in [0.25, 0.3) is 0 Å². The van der Waals surface area contributed by atoms with Crippen molar-refractivity contribution in [1.82, 2.24) is 9.55 Å². The third-order valence-electron chi connectivity index (χ3n) is 4.58. The van der Waals surface area contributed by atoms with Crippen LogP contribution < -0.4 is 0 Å². The molecule has 7 heteroatoms. The molecule has 0 amide bonds. The molecule has 1 aliphatic heterocycles. The van der Waals surface area contributed by atoms with Gasteiger partial charge in [-0.25, -0.2) is 4.98 Å². The normalized spacial score (nSPS) is 22.3. The van der Waals surface area contributed by atoms with Gasteiger partial charge in [-0.15, -0.1) is 0 Å². The van der Waals surface area contributed by atoms with Crippen molar-refractivity contribution in [1.29, 1.82) is 0 Å². The van der Waals surface area contributed by atoms with Crippen LogP contribution in [0.4, 0.5) is 0 Å². The summed E-state index contributed by atoms with van der Waals surface area (Å²) in [7, 11) is 1.91. The maximum atomic E-state index is 6.51. The Balaban J connectivity index is 1.70. The van der Waals surface area contributed by atoms with Gasteiger partial charge < -0.3 is 14.0 Å². The number of imidazole rings is 1. The predicted molar refractivity (Wildman–Crippen MR) is 109 cm³/mol. The van der Waals surface area contributed by atoms with E-state index in [2.05, 4.69) is 33.0 Å². The predicted octanol–water partition coefficient (Wildman–Crippen LogP) is 5.35. The molecule has 27 heavy (non-hydrogen) atoms. The molecule has 2 heterocycles. The molecular formula is C20H17BrCl2N2O2. The van der Waals surface area contributed by atoms with Crippen LogP contribution in [0.1, 0.15) is 17.0 Å². The summed E-state index contributed by atoms with van der Waals surface area (Å²) >= 11 is 16.1. The van der Waals surface area contributed by atoms with Crippen LogP contribution in [-0.2, 0) is 28.7 Å². The lowest BCUT2D eigenvalue weighted by Gasteiger charge is -2.29. The zero-order chi connectivity index (χ0) is 19.0. The lowest BCUT2D eigenvalue weighted by molar-refractivity contribution is -0.149. The molecule has 3 aromatic rings. The second-order valence-electron chi connectivity index (χ2n) is 6.48. The van der Waals surface area contributed by atoms with Crippen molar-refractivity contribution in [2.75, 3.05) is 6.61 Å². The lowest BCUT2D eigenvalue weighted by atomic mass is 10.0. The second-order valence-corrected chi connectivity index (χ2v) is 8.24. The fraction of sp³-hybridized carbons (Fsp3) is 0.250. The van der Waals surface area contributed by atoms with Crippen LogP contribution in [0, 0.1) is 0 Å². The first-order valence-corrected chi connectivity index (χ1v) is 10.0. The van der Waals surface area contributed by atoms with Crippen molar-refractivity contribution < 1.29 is 9.47 Å². The van der Waals surface area contributed by atoms with Crippen LogP contribution in [0.3, 0.4) is 0 Å². The van der Waals surface area contributed by atoms with Crippen molar-refractivity contribution in [3.8, 4) is 0 Å². The molecule has 0 bridgehead atoms. The van der Waals surface area contributed by atoms with E-state index in [1.807, 2.05) is 36.0 Å². The molecule has 0 spiro atoms. The standard InChI is InChI=1S/C20H17BrCl2N2O2/c1-25-9-8-24-19(25)20(17-7-6-15(22)11-18(17)23)26-12-16(27-20)10-13-2-4-14(21)5-3-13/h2-9,11,16H,10,12H2,1H3. The number of hydrogen-bond donors (Lipinski definition) is 0. The SMILES string of the molecule is Cn1ccnc1C1(c2ccc(Cl)cc2Cl)OCC(Cc2ccc(Br)cc2)O1. The van der Waals surface area contributed by atoms with Gasteiger partial charge in [-0.2, -0.15) is 0 Å². The summed E-state index contributed by atoms with van der Waals surface area (Å²) in [6.07, 6.45) is 4.17. The van der Waals surface area contributed by atoms with E-state index in [1.54, 1.807) is 18.3 Å². The highest BCUT2D eigenvalue weighted by atomic mass is 79.9. The fourth-order valence-electron chi connectivity index (χ4n) is 3.32. The Kier molecular flexibility index (Phi) is 5.32. The first-order valence-electron chi connectivity index (χ1n) is 8.47. The third-order valence-corrected chi connectivity index (χ3v) is 5.66. The minimum Gasteiger partial charge on any atom is -0.337 e. The molecule has 140 valence electrons. The van der Waals surface area contributed by atoms with Crippen molar-refractivity contribution in [3.05, 3.63) is 86.3 Å².